The van der Waals surface area contributed by atoms with Gasteiger partial charge in [-0.15, -0.1) is 11.3 Å². The molecular weight excluding hydrogens is 304 g/mol. The normalized spacial score (nSPS) is 16.7. The van der Waals surface area contributed by atoms with Gasteiger partial charge in [-0.25, -0.2) is 0 Å². The maximum Gasteiger partial charge on any atom is 0.172 e. The lowest BCUT2D eigenvalue weighted by molar-refractivity contribution is 0.0842. The van der Waals surface area contributed by atoms with E-state index in [9.17, 15) is 0 Å². The largest absolute Gasteiger partial charge is 0.485 e. The summed E-state index contributed by atoms with van der Waals surface area (Å²) in [4.78, 5) is 0. The van der Waals surface area contributed by atoms with E-state index >= 15 is 0 Å². The SMILES string of the molecule is CCCCCCCCCCCCCCC1COc2cscc2O1. The molecule has 0 aromatic carbocycles. The number of ether oxygens (including phenoxy) is 2. The molecule has 23 heavy (non-hydrogen) atoms. The fraction of sp³-hybridized carbons (Fsp3) is 0.800. The lowest BCUT2D eigenvalue weighted by atomic mass is 10.0. The van der Waals surface area contributed by atoms with Crippen LogP contribution in [0.3, 0.4) is 0 Å². The molecule has 1 aromatic rings. The number of unbranched alkanes of at least 4 members (excludes halogenated alkanes) is 11. The Bertz CT molecular complexity index is 402. The third-order valence-corrected chi connectivity index (χ3v) is 5.39. The third kappa shape index (κ3) is 7.60. The second kappa shape index (κ2) is 11.8. The highest BCUT2D eigenvalue weighted by atomic mass is 32.1. The first-order valence-electron chi connectivity index (χ1n) is 9.75. The zero-order valence-corrected chi connectivity index (χ0v) is 15.7. The van der Waals surface area contributed by atoms with Gasteiger partial charge in [0.2, 0.25) is 0 Å². The Labute approximate surface area is 146 Å². The van der Waals surface area contributed by atoms with Crippen LogP contribution in [0.4, 0.5) is 0 Å². The van der Waals surface area contributed by atoms with Gasteiger partial charge in [0, 0.05) is 10.8 Å². The fourth-order valence-electron chi connectivity index (χ4n) is 3.22. The molecular formula is C20H34O2S. The van der Waals surface area contributed by atoms with Crippen molar-refractivity contribution in [2.24, 2.45) is 0 Å². The monoisotopic (exact) mass is 338 g/mol. The van der Waals surface area contributed by atoms with E-state index in [1.165, 1.54) is 77.0 Å². The van der Waals surface area contributed by atoms with Crippen LogP contribution in [0.1, 0.15) is 90.4 Å². The summed E-state index contributed by atoms with van der Waals surface area (Å²) in [5.74, 6) is 1.88. The Morgan fingerprint density at radius 1 is 0.826 bits per heavy atom. The average molecular weight is 339 g/mol. The van der Waals surface area contributed by atoms with Gasteiger partial charge in [0.05, 0.1) is 0 Å². The van der Waals surface area contributed by atoms with Gasteiger partial charge < -0.3 is 9.47 Å². The second-order valence-electron chi connectivity index (χ2n) is 6.83. The van der Waals surface area contributed by atoms with Crippen molar-refractivity contribution in [2.45, 2.75) is 96.5 Å². The van der Waals surface area contributed by atoms with Crippen LogP contribution < -0.4 is 9.47 Å². The molecule has 132 valence electrons. The van der Waals surface area contributed by atoms with Gasteiger partial charge in [0.25, 0.3) is 0 Å². The molecule has 0 saturated heterocycles. The van der Waals surface area contributed by atoms with Crippen molar-refractivity contribution in [1.82, 2.24) is 0 Å². The Kier molecular flexibility index (Phi) is 9.54. The van der Waals surface area contributed by atoms with Crippen LogP contribution >= 0.6 is 11.3 Å². The summed E-state index contributed by atoms with van der Waals surface area (Å²) < 4.78 is 11.7. The molecule has 0 saturated carbocycles. The summed E-state index contributed by atoms with van der Waals surface area (Å²) in [7, 11) is 0. The van der Waals surface area contributed by atoms with Crippen LogP contribution in [0, 0.1) is 0 Å². The highest BCUT2D eigenvalue weighted by Crippen LogP contribution is 2.36. The predicted octanol–water partition coefficient (Wildman–Crippen LogP) is 6.98. The Hall–Kier alpha value is -0.700. The van der Waals surface area contributed by atoms with E-state index in [4.69, 9.17) is 9.47 Å². The molecule has 0 N–H and O–H groups in total. The molecule has 1 aromatic heterocycles. The maximum atomic E-state index is 5.96. The molecule has 1 aliphatic heterocycles. The Morgan fingerprint density at radius 2 is 1.39 bits per heavy atom. The minimum absolute atomic E-state index is 0.264. The van der Waals surface area contributed by atoms with Gasteiger partial charge in [0.1, 0.15) is 12.7 Å². The van der Waals surface area contributed by atoms with E-state index in [1.54, 1.807) is 11.3 Å². The van der Waals surface area contributed by atoms with Crippen molar-refractivity contribution in [3.8, 4) is 11.5 Å². The molecule has 0 aliphatic carbocycles. The quantitative estimate of drug-likeness (QED) is 0.361. The van der Waals surface area contributed by atoms with Crippen molar-refractivity contribution >= 4 is 11.3 Å². The summed E-state index contributed by atoms with van der Waals surface area (Å²) in [5, 5.41) is 4.07. The van der Waals surface area contributed by atoms with Crippen LogP contribution in [0.2, 0.25) is 0 Å². The predicted molar refractivity (Wildman–Crippen MR) is 99.9 cm³/mol. The van der Waals surface area contributed by atoms with Gasteiger partial charge >= 0.3 is 0 Å². The van der Waals surface area contributed by atoms with Crippen LogP contribution in [-0.2, 0) is 0 Å². The molecule has 0 spiro atoms. The summed E-state index contributed by atoms with van der Waals surface area (Å²) >= 11 is 1.65. The second-order valence-corrected chi connectivity index (χ2v) is 7.57. The van der Waals surface area contributed by atoms with Gasteiger partial charge in [-0.3, -0.25) is 0 Å². The molecule has 0 fully saturated rings. The highest BCUT2D eigenvalue weighted by Gasteiger charge is 2.20. The maximum absolute atomic E-state index is 5.96. The molecule has 0 bridgehead atoms. The van der Waals surface area contributed by atoms with Crippen LogP contribution in [0.5, 0.6) is 11.5 Å². The van der Waals surface area contributed by atoms with Gasteiger partial charge in [0.15, 0.2) is 11.5 Å². The standard InChI is InChI=1S/C20H34O2S/c1-2-3-4-5-6-7-8-9-10-11-12-13-14-18-15-21-19-16-23-17-20(19)22-18/h16-18H,2-15H2,1H3. The molecule has 2 heterocycles. The fourth-order valence-corrected chi connectivity index (χ4v) is 3.89. The molecule has 3 heteroatoms. The van der Waals surface area contributed by atoms with E-state index in [-0.39, 0.29) is 6.10 Å². The zero-order valence-electron chi connectivity index (χ0n) is 14.9. The summed E-state index contributed by atoms with van der Waals surface area (Å²) in [6, 6.07) is 0. The zero-order chi connectivity index (χ0) is 16.2. The van der Waals surface area contributed by atoms with Gasteiger partial charge in [-0.2, -0.15) is 0 Å². The molecule has 2 rings (SSSR count). The Balaban J connectivity index is 1.35. The lowest BCUT2D eigenvalue weighted by Crippen LogP contribution is -2.28. The number of rotatable bonds is 13. The van der Waals surface area contributed by atoms with Gasteiger partial charge in [-0.1, -0.05) is 77.6 Å². The van der Waals surface area contributed by atoms with Gasteiger partial charge in [-0.05, 0) is 12.8 Å². The highest BCUT2D eigenvalue weighted by molar-refractivity contribution is 7.08. The number of hydrogen-bond acceptors (Lipinski definition) is 3. The molecule has 2 nitrogen and oxygen atoms in total. The lowest BCUT2D eigenvalue weighted by Gasteiger charge is -2.24. The molecule has 1 aliphatic rings. The van der Waals surface area contributed by atoms with E-state index in [0.717, 1.165) is 24.5 Å². The summed E-state index contributed by atoms with van der Waals surface area (Å²) in [5.41, 5.74) is 0. The Morgan fingerprint density at radius 3 is 2.04 bits per heavy atom. The number of fused-ring (bicyclic) bond motifs is 1. The van der Waals surface area contributed by atoms with Crippen molar-refractivity contribution in [3.63, 3.8) is 0 Å². The van der Waals surface area contributed by atoms with E-state index in [1.807, 2.05) is 10.8 Å². The van der Waals surface area contributed by atoms with Crippen LogP contribution in [0.25, 0.3) is 0 Å². The average Bonchev–Trinajstić information content (AvgIpc) is 3.03. The van der Waals surface area contributed by atoms with Crippen molar-refractivity contribution < 1.29 is 9.47 Å². The first-order chi connectivity index (χ1) is 11.4. The first-order valence-corrected chi connectivity index (χ1v) is 10.7. The topological polar surface area (TPSA) is 18.5 Å². The first kappa shape index (κ1) is 18.6. The number of thiophene rings is 1. The van der Waals surface area contributed by atoms with Crippen LogP contribution in [-0.4, -0.2) is 12.7 Å². The minimum Gasteiger partial charge on any atom is -0.485 e. The van der Waals surface area contributed by atoms with Crippen molar-refractivity contribution in [3.05, 3.63) is 10.8 Å². The van der Waals surface area contributed by atoms with E-state index < -0.39 is 0 Å². The molecule has 1 unspecified atom stereocenters. The summed E-state index contributed by atoms with van der Waals surface area (Å²) in [6.45, 7) is 3.01. The molecule has 0 amide bonds. The summed E-state index contributed by atoms with van der Waals surface area (Å²) in [6.07, 6.45) is 18.2. The number of hydrogen-bond donors (Lipinski definition) is 0. The van der Waals surface area contributed by atoms with Crippen molar-refractivity contribution in [1.29, 1.82) is 0 Å². The molecule has 1 atom stereocenters. The smallest absolute Gasteiger partial charge is 0.172 e. The minimum atomic E-state index is 0.264. The van der Waals surface area contributed by atoms with E-state index in [2.05, 4.69) is 6.92 Å². The van der Waals surface area contributed by atoms with Crippen LogP contribution in [0.15, 0.2) is 10.8 Å². The molecule has 0 radical (unpaired) electrons. The van der Waals surface area contributed by atoms with Crippen molar-refractivity contribution in [2.75, 3.05) is 6.61 Å². The van der Waals surface area contributed by atoms with E-state index in [0.29, 0.717) is 0 Å². The third-order valence-electron chi connectivity index (χ3n) is 4.69.